The smallest absolute Gasteiger partial charge is 0.463 e. The third kappa shape index (κ3) is 38.3. The van der Waals surface area contributed by atoms with Crippen LogP contribution in [0, 0.1) is 0 Å². The van der Waals surface area contributed by atoms with Gasteiger partial charge in [0, 0.05) is 18.9 Å². The van der Waals surface area contributed by atoms with Crippen LogP contribution in [-0.4, -0.2) is 87.5 Å². The number of esters is 3. The Hall–Kier alpha value is -1.78. The van der Waals surface area contributed by atoms with E-state index in [2.05, 4.69) is 13.5 Å². The van der Waals surface area contributed by atoms with E-state index < -0.39 is 26.5 Å². The lowest BCUT2D eigenvalue weighted by atomic mass is 10.0. The number of quaternary nitrogens is 1. The predicted molar refractivity (Wildman–Crippen MR) is 212 cm³/mol. The zero-order chi connectivity index (χ0) is 39.5. The predicted octanol–water partition coefficient (Wildman–Crippen LogP) is 10.2. The summed E-state index contributed by atoms with van der Waals surface area (Å²) in [6.07, 6.45) is 28.1. The highest BCUT2D eigenvalue weighted by Crippen LogP contribution is 2.43. The summed E-state index contributed by atoms with van der Waals surface area (Å²) in [6, 6.07) is 0. The van der Waals surface area contributed by atoms with Crippen molar-refractivity contribution >= 4 is 25.7 Å². The van der Waals surface area contributed by atoms with E-state index in [1.165, 1.54) is 83.1 Å². The summed E-state index contributed by atoms with van der Waals surface area (Å²) in [7, 11) is 1.42. The number of phosphoric ester groups is 1. The SMILES string of the molecule is C=CC(=O)OCCCCCCCCCCCC(=O)O[C@H](COC(=O)CCCCCCCCCCCCCCCCC)COP(=O)(O)OCC[N+](C)(C)C. The Balaban J connectivity index is 4.34. The molecule has 1 unspecified atom stereocenters. The van der Waals surface area contributed by atoms with Crippen LogP contribution in [0.4, 0.5) is 0 Å². The molecule has 312 valence electrons. The van der Waals surface area contributed by atoms with Gasteiger partial charge in [-0.05, 0) is 19.3 Å². The van der Waals surface area contributed by atoms with Gasteiger partial charge in [0.2, 0.25) is 0 Å². The number of hydrogen-bond acceptors (Lipinski definition) is 9. The lowest BCUT2D eigenvalue weighted by Crippen LogP contribution is -2.37. The molecular formula is C41H79NO10P+. The molecule has 0 saturated heterocycles. The van der Waals surface area contributed by atoms with Crippen molar-refractivity contribution < 1.29 is 51.6 Å². The third-order valence-electron chi connectivity index (χ3n) is 9.09. The first-order chi connectivity index (χ1) is 25.4. The summed E-state index contributed by atoms with van der Waals surface area (Å²) in [4.78, 5) is 46.3. The molecule has 1 N–H and O–H groups in total. The van der Waals surface area contributed by atoms with Crippen LogP contribution in [0.15, 0.2) is 12.7 Å². The van der Waals surface area contributed by atoms with Crippen molar-refractivity contribution in [2.24, 2.45) is 0 Å². The summed E-state index contributed by atoms with van der Waals surface area (Å²) in [5.74, 6) is -1.23. The summed E-state index contributed by atoms with van der Waals surface area (Å²) < 4.78 is 39.1. The number of hydrogen-bond donors (Lipinski definition) is 1. The molecule has 0 aliphatic rings. The van der Waals surface area contributed by atoms with Gasteiger partial charge < -0.3 is 23.6 Å². The van der Waals surface area contributed by atoms with Gasteiger partial charge in [0.1, 0.15) is 19.8 Å². The topological polar surface area (TPSA) is 135 Å². The van der Waals surface area contributed by atoms with E-state index in [0.29, 0.717) is 24.1 Å². The second kappa shape index (κ2) is 34.7. The highest BCUT2D eigenvalue weighted by Gasteiger charge is 2.27. The first-order valence-electron chi connectivity index (χ1n) is 20.9. The van der Waals surface area contributed by atoms with Crippen molar-refractivity contribution in [3.63, 3.8) is 0 Å². The molecule has 53 heavy (non-hydrogen) atoms. The number of carbonyl (C=O) groups excluding carboxylic acids is 3. The molecule has 0 saturated carbocycles. The van der Waals surface area contributed by atoms with E-state index in [1.54, 1.807) is 0 Å². The molecule has 0 aromatic carbocycles. The van der Waals surface area contributed by atoms with E-state index in [1.807, 2.05) is 21.1 Å². The molecule has 0 bridgehead atoms. The Morgan fingerprint density at radius 1 is 0.604 bits per heavy atom. The lowest BCUT2D eigenvalue weighted by Gasteiger charge is -2.24. The average molecular weight is 777 g/mol. The molecule has 0 rings (SSSR count). The molecule has 0 amide bonds. The molecule has 12 heteroatoms. The number of carbonyl (C=O) groups is 3. The van der Waals surface area contributed by atoms with Crippen LogP contribution in [0.1, 0.15) is 174 Å². The van der Waals surface area contributed by atoms with Crippen LogP contribution in [0.2, 0.25) is 0 Å². The van der Waals surface area contributed by atoms with Gasteiger partial charge in [-0.3, -0.25) is 18.6 Å². The van der Waals surface area contributed by atoms with Crippen LogP contribution in [0.25, 0.3) is 0 Å². The number of rotatable bonds is 39. The molecule has 0 aliphatic carbocycles. The van der Waals surface area contributed by atoms with Gasteiger partial charge in [-0.25, -0.2) is 9.36 Å². The summed E-state index contributed by atoms with van der Waals surface area (Å²) >= 11 is 0. The molecular weight excluding hydrogens is 697 g/mol. The normalized spacial score (nSPS) is 13.3. The fourth-order valence-corrected chi connectivity index (χ4v) is 6.49. The van der Waals surface area contributed by atoms with E-state index in [4.69, 9.17) is 23.3 Å². The Kier molecular flexibility index (Phi) is 33.5. The maximum Gasteiger partial charge on any atom is 0.472 e. The van der Waals surface area contributed by atoms with Gasteiger partial charge in [0.15, 0.2) is 6.10 Å². The van der Waals surface area contributed by atoms with E-state index in [-0.39, 0.29) is 38.0 Å². The molecule has 0 radical (unpaired) electrons. The molecule has 0 aliphatic heterocycles. The Morgan fingerprint density at radius 3 is 1.49 bits per heavy atom. The van der Waals surface area contributed by atoms with E-state index in [9.17, 15) is 23.8 Å². The zero-order valence-electron chi connectivity index (χ0n) is 34.3. The van der Waals surface area contributed by atoms with Gasteiger partial charge in [0.25, 0.3) is 0 Å². The van der Waals surface area contributed by atoms with Gasteiger partial charge in [-0.15, -0.1) is 0 Å². The molecule has 0 heterocycles. The molecule has 0 aromatic heterocycles. The van der Waals surface area contributed by atoms with Gasteiger partial charge in [-0.2, -0.15) is 0 Å². The van der Waals surface area contributed by atoms with Crippen molar-refractivity contribution in [2.75, 3.05) is 54.1 Å². The highest BCUT2D eigenvalue weighted by atomic mass is 31.2. The van der Waals surface area contributed by atoms with Crippen molar-refractivity contribution in [2.45, 2.75) is 180 Å². The van der Waals surface area contributed by atoms with Crippen molar-refractivity contribution in [3.05, 3.63) is 12.7 Å². The fourth-order valence-electron chi connectivity index (χ4n) is 5.74. The minimum atomic E-state index is -4.39. The van der Waals surface area contributed by atoms with Crippen LogP contribution >= 0.6 is 7.82 Å². The second-order valence-electron chi connectivity index (χ2n) is 15.4. The lowest BCUT2D eigenvalue weighted by molar-refractivity contribution is -0.870. The number of ether oxygens (including phenoxy) is 3. The van der Waals surface area contributed by atoms with Gasteiger partial charge >= 0.3 is 25.7 Å². The Bertz CT molecular complexity index is 971. The Morgan fingerprint density at radius 2 is 1.04 bits per heavy atom. The van der Waals surface area contributed by atoms with Gasteiger partial charge in [0.05, 0.1) is 34.4 Å². The Labute approximate surface area is 323 Å². The van der Waals surface area contributed by atoms with E-state index >= 15 is 0 Å². The number of phosphoric acid groups is 1. The number of nitrogens with zero attached hydrogens (tertiary/aromatic N) is 1. The highest BCUT2D eigenvalue weighted by molar-refractivity contribution is 7.47. The van der Waals surface area contributed by atoms with Gasteiger partial charge in [-0.1, -0.05) is 148 Å². The largest absolute Gasteiger partial charge is 0.472 e. The number of likely N-dealkylation sites (N-methyl/N-ethyl adjacent to an activating group) is 1. The third-order valence-corrected chi connectivity index (χ3v) is 10.1. The monoisotopic (exact) mass is 777 g/mol. The molecule has 11 nitrogen and oxygen atoms in total. The fraction of sp³-hybridized carbons (Fsp3) is 0.878. The second-order valence-corrected chi connectivity index (χ2v) is 16.9. The molecule has 0 fully saturated rings. The van der Waals surface area contributed by atoms with Crippen molar-refractivity contribution in [1.29, 1.82) is 0 Å². The quantitative estimate of drug-likeness (QED) is 0.0160. The molecule has 2 atom stereocenters. The van der Waals surface area contributed by atoms with Crippen LogP contribution in [0.5, 0.6) is 0 Å². The molecule has 0 aromatic rings. The van der Waals surface area contributed by atoms with E-state index in [0.717, 1.165) is 70.6 Å². The molecule has 0 spiro atoms. The summed E-state index contributed by atoms with van der Waals surface area (Å²) in [6.45, 7) is 5.91. The minimum Gasteiger partial charge on any atom is -0.463 e. The first-order valence-corrected chi connectivity index (χ1v) is 22.4. The minimum absolute atomic E-state index is 0.0171. The van der Waals surface area contributed by atoms with Crippen molar-refractivity contribution in [3.8, 4) is 0 Å². The maximum absolute atomic E-state index is 12.6. The summed E-state index contributed by atoms with van der Waals surface area (Å²) in [5.41, 5.74) is 0. The van der Waals surface area contributed by atoms with Crippen molar-refractivity contribution in [1.82, 2.24) is 0 Å². The standard InChI is InChI=1S/C41H78NO10P/c1-6-8-9-10-11-12-13-14-15-16-17-19-22-25-28-31-40(44)49-36-38(37-51-53(46,47)50-35-33-42(3,4)5)52-41(45)32-29-26-23-20-18-21-24-27-30-34-48-39(43)7-2/h7,38H,2,6,8-37H2,1,3-5H3/p+1/t38-/m1/s1. The number of unbranched alkanes of at least 4 members (excludes halogenated alkanes) is 22. The van der Waals surface area contributed by atoms with Crippen LogP contribution in [0.3, 0.4) is 0 Å². The zero-order valence-corrected chi connectivity index (χ0v) is 35.2. The van der Waals surface area contributed by atoms with Crippen LogP contribution < -0.4 is 0 Å². The first kappa shape index (κ1) is 51.2. The van der Waals surface area contributed by atoms with Crippen LogP contribution in [-0.2, 0) is 42.2 Å². The summed E-state index contributed by atoms with van der Waals surface area (Å²) in [5, 5.41) is 0. The average Bonchev–Trinajstić information content (AvgIpc) is 3.10. The maximum atomic E-state index is 12.6.